The number of rotatable bonds is 5. The van der Waals surface area contributed by atoms with Gasteiger partial charge in [0.25, 0.3) is 17.0 Å². The average molecular weight is 419 g/mol. The van der Waals surface area contributed by atoms with Gasteiger partial charge in [-0.15, -0.1) is 0 Å². The van der Waals surface area contributed by atoms with Gasteiger partial charge in [-0.1, -0.05) is 36.4 Å². The number of fused-ring (bicyclic) bond motifs is 1. The molecule has 0 saturated heterocycles. The van der Waals surface area contributed by atoms with Gasteiger partial charge in [0.1, 0.15) is 5.69 Å². The number of aliphatic hydroxyl groups excluding tert-OH is 1. The van der Waals surface area contributed by atoms with Crippen LogP contribution in [0.2, 0.25) is 0 Å². The van der Waals surface area contributed by atoms with Crippen LogP contribution in [0.4, 0.5) is 5.69 Å². The van der Waals surface area contributed by atoms with Gasteiger partial charge in [0, 0.05) is 12.4 Å². The molecule has 2 N–H and O–H groups in total. The van der Waals surface area contributed by atoms with E-state index in [0.717, 1.165) is 4.68 Å². The molecule has 0 radical (unpaired) electrons. The number of hydrogen-bond donors (Lipinski definition) is 2. The first-order valence-corrected chi connectivity index (χ1v) is 9.70. The summed E-state index contributed by atoms with van der Waals surface area (Å²) in [6.45, 7) is 1.38. The smallest absolute Gasteiger partial charge is 0.295 e. The Kier molecular flexibility index (Phi) is 5.26. The summed E-state index contributed by atoms with van der Waals surface area (Å²) in [5.74, 6) is -0.617. The SMILES string of the molecule is Cc1c(NC(=O)c2nn(CCO)c(=O)c3ccccc23)c(=O)n(-c2ccccc2)n1C. The normalized spacial score (nSPS) is 11.1. The Bertz CT molecular complexity index is 1400. The van der Waals surface area contributed by atoms with E-state index in [1.807, 2.05) is 18.2 Å². The van der Waals surface area contributed by atoms with E-state index >= 15 is 0 Å². The average Bonchev–Trinajstić information content (AvgIpc) is 2.99. The maximum Gasteiger partial charge on any atom is 0.295 e. The van der Waals surface area contributed by atoms with Crippen molar-refractivity contribution in [3.8, 4) is 5.69 Å². The lowest BCUT2D eigenvalue weighted by molar-refractivity contribution is 0.102. The third-order valence-electron chi connectivity index (χ3n) is 5.19. The number of carbonyl (C=O) groups is 1. The third kappa shape index (κ3) is 3.44. The number of amides is 1. The lowest BCUT2D eigenvalue weighted by Crippen LogP contribution is -2.29. The fraction of sp³-hybridized carbons (Fsp3) is 0.182. The van der Waals surface area contributed by atoms with E-state index < -0.39 is 11.5 Å². The van der Waals surface area contributed by atoms with Crippen molar-refractivity contribution >= 4 is 22.4 Å². The molecule has 0 aliphatic heterocycles. The van der Waals surface area contributed by atoms with Crippen molar-refractivity contribution in [3.63, 3.8) is 0 Å². The Morgan fingerprint density at radius 1 is 1.00 bits per heavy atom. The monoisotopic (exact) mass is 419 g/mol. The predicted octanol–water partition coefficient (Wildman–Crippen LogP) is 1.44. The topological polar surface area (TPSA) is 111 Å². The van der Waals surface area contributed by atoms with Crippen LogP contribution in [0.5, 0.6) is 0 Å². The molecular formula is C22H21N5O4. The maximum atomic E-state index is 13.1. The van der Waals surface area contributed by atoms with E-state index in [9.17, 15) is 19.5 Å². The Labute approximate surface area is 176 Å². The highest BCUT2D eigenvalue weighted by molar-refractivity contribution is 6.11. The van der Waals surface area contributed by atoms with Crippen molar-refractivity contribution in [2.75, 3.05) is 11.9 Å². The first-order chi connectivity index (χ1) is 14.9. The van der Waals surface area contributed by atoms with Crippen LogP contribution in [0, 0.1) is 6.92 Å². The van der Waals surface area contributed by atoms with Gasteiger partial charge in [-0.25, -0.2) is 9.36 Å². The summed E-state index contributed by atoms with van der Waals surface area (Å²) in [6.07, 6.45) is 0. The molecule has 9 nitrogen and oxygen atoms in total. The van der Waals surface area contributed by atoms with Gasteiger partial charge in [-0.05, 0) is 25.1 Å². The molecule has 4 aromatic rings. The molecule has 0 aliphatic carbocycles. The second-order valence-electron chi connectivity index (χ2n) is 7.04. The number of hydrogen-bond acceptors (Lipinski definition) is 5. The highest BCUT2D eigenvalue weighted by Gasteiger charge is 2.22. The van der Waals surface area contributed by atoms with Crippen LogP contribution >= 0.6 is 0 Å². The number of nitrogens with zero attached hydrogens (tertiary/aromatic N) is 4. The maximum absolute atomic E-state index is 13.1. The number of carbonyl (C=O) groups excluding carboxylic acids is 1. The summed E-state index contributed by atoms with van der Waals surface area (Å²) in [6, 6.07) is 15.7. The summed E-state index contributed by atoms with van der Waals surface area (Å²) in [5.41, 5.74) is 0.574. The van der Waals surface area contributed by atoms with E-state index in [2.05, 4.69) is 10.4 Å². The highest BCUT2D eigenvalue weighted by Crippen LogP contribution is 2.18. The van der Waals surface area contributed by atoms with Crippen LogP contribution in [0.25, 0.3) is 16.5 Å². The number of benzene rings is 2. The molecular weight excluding hydrogens is 398 g/mol. The van der Waals surface area contributed by atoms with E-state index in [1.54, 1.807) is 55.1 Å². The standard InChI is InChI=1S/C22H21N5O4/c1-14-18(22(31)27(25(14)2)15-8-4-3-5-9-15)23-20(29)19-16-10-6-7-11-17(16)21(30)26(24-19)12-13-28/h3-11,28H,12-13H2,1-2H3,(H,23,29). The minimum Gasteiger partial charge on any atom is -0.394 e. The van der Waals surface area contributed by atoms with Crippen molar-refractivity contribution in [1.29, 1.82) is 0 Å². The molecule has 31 heavy (non-hydrogen) atoms. The van der Waals surface area contributed by atoms with Crippen LogP contribution in [-0.4, -0.2) is 36.8 Å². The van der Waals surface area contributed by atoms with E-state index in [-0.39, 0.29) is 30.1 Å². The highest BCUT2D eigenvalue weighted by atomic mass is 16.3. The number of anilines is 1. The molecule has 1 amide bonds. The molecule has 0 fully saturated rings. The molecule has 2 heterocycles. The van der Waals surface area contributed by atoms with E-state index in [4.69, 9.17) is 0 Å². The molecule has 0 spiro atoms. The molecule has 2 aromatic heterocycles. The fourth-order valence-corrected chi connectivity index (χ4v) is 3.53. The van der Waals surface area contributed by atoms with Crippen molar-refractivity contribution < 1.29 is 9.90 Å². The molecule has 0 atom stereocenters. The first-order valence-electron chi connectivity index (χ1n) is 9.70. The van der Waals surface area contributed by atoms with Gasteiger partial charge in [0.05, 0.1) is 29.9 Å². The van der Waals surface area contributed by atoms with E-state index in [1.165, 1.54) is 4.68 Å². The van der Waals surface area contributed by atoms with Gasteiger partial charge < -0.3 is 10.4 Å². The second-order valence-corrected chi connectivity index (χ2v) is 7.04. The molecule has 4 rings (SSSR count). The zero-order valence-corrected chi connectivity index (χ0v) is 17.1. The minimum absolute atomic E-state index is 0.00226. The van der Waals surface area contributed by atoms with Crippen LogP contribution in [0.3, 0.4) is 0 Å². The third-order valence-corrected chi connectivity index (χ3v) is 5.19. The van der Waals surface area contributed by atoms with Crippen molar-refractivity contribution in [2.45, 2.75) is 13.5 Å². The zero-order valence-electron chi connectivity index (χ0n) is 17.1. The molecule has 9 heteroatoms. The van der Waals surface area contributed by atoms with Gasteiger partial charge in [0.15, 0.2) is 5.69 Å². The number of nitrogens with one attached hydrogen (secondary N) is 1. The number of aromatic nitrogens is 4. The molecule has 0 saturated carbocycles. The molecule has 2 aromatic carbocycles. The quantitative estimate of drug-likeness (QED) is 0.509. The first kappa shape index (κ1) is 20.3. The van der Waals surface area contributed by atoms with Crippen LogP contribution < -0.4 is 16.4 Å². The fourth-order valence-electron chi connectivity index (χ4n) is 3.53. The lowest BCUT2D eigenvalue weighted by atomic mass is 10.1. The minimum atomic E-state index is -0.617. The van der Waals surface area contributed by atoms with Crippen LogP contribution in [0.1, 0.15) is 16.2 Å². The van der Waals surface area contributed by atoms with Crippen molar-refractivity contribution in [3.05, 3.63) is 86.7 Å². The Hall–Kier alpha value is -3.98. The Balaban J connectivity index is 1.82. The molecule has 0 aliphatic rings. The zero-order chi connectivity index (χ0) is 22.1. The Morgan fingerprint density at radius 3 is 2.32 bits per heavy atom. The summed E-state index contributed by atoms with van der Waals surface area (Å²) < 4.78 is 4.17. The van der Waals surface area contributed by atoms with Gasteiger partial charge in [-0.2, -0.15) is 5.10 Å². The van der Waals surface area contributed by atoms with Crippen LogP contribution in [-0.2, 0) is 13.6 Å². The largest absolute Gasteiger partial charge is 0.394 e. The van der Waals surface area contributed by atoms with Crippen LogP contribution in [0.15, 0.2) is 64.2 Å². The summed E-state index contributed by atoms with van der Waals surface area (Å²) in [5, 5.41) is 16.8. The lowest BCUT2D eigenvalue weighted by Gasteiger charge is -2.10. The van der Waals surface area contributed by atoms with Crippen molar-refractivity contribution in [1.82, 2.24) is 19.1 Å². The summed E-state index contributed by atoms with van der Waals surface area (Å²) in [4.78, 5) is 38.8. The Morgan fingerprint density at radius 2 is 1.65 bits per heavy atom. The van der Waals surface area contributed by atoms with Gasteiger partial charge in [-0.3, -0.25) is 19.1 Å². The van der Waals surface area contributed by atoms with Gasteiger partial charge >= 0.3 is 0 Å². The summed E-state index contributed by atoms with van der Waals surface area (Å²) >= 11 is 0. The predicted molar refractivity (Wildman–Crippen MR) is 117 cm³/mol. The van der Waals surface area contributed by atoms with Gasteiger partial charge in [0.2, 0.25) is 0 Å². The summed E-state index contributed by atoms with van der Waals surface area (Å²) in [7, 11) is 1.73. The molecule has 158 valence electrons. The number of aliphatic hydroxyl groups is 1. The molecule has 0 unspecified atom stereocenters. The second kappa shape index (κ2) is 8.04. The molecule has 0 bridgehead atoms. The van der Waals surface area contributed by atoms with E-state index in [0.29, 0.717) is 22.2 Å². The van der Waals surface area contributed by atoms with Crippen molar-refractivity contribution in [2.24, 2.45) is 7.05 Å². The number of para-hydroxylation sites is 1.